The molecular formula is C52H36. The van der Waals surface area contributed by atoms with Gasteiger partial charge in [0.15, 0.2) is 0 Å². The van der Waals surface area contributed by atoms with Crippen LogP contribution in [0.15, 0.2) is 212 Å². The van der Waals surface area contributed by atoms with Gasteiger partial charge >= 0.3 is 0 Å². The quantitative estimate of drug-likeness (QED) is 0.118. The molecule has 0 aromatic heterocycles. The summed E-state index contributed by atoms with van der Waals surface area (Å²) in [4.78, 5) is 0. The van der Waals surface area contributed by atoms with Gasteiger partial charge in [-0.25, -0.2) is 0 Å². The maximum absolute atomic E-state index is 2.36. The average molecular weight is 661 g/mol. The number of benzene rings is 9. The van der Waals surface area contributed by atoms with E-state index in [0.29, 0.717) is 0 Å². The zero-order valence-corrected chi connectivity index (χ0v) is 28.8. The summed E-state index contributed by atoms with van der Waals surface area (Å²) in [5.74, 6) is 0. The van der Waals surface area contributed by atoms with E-state index < -0.39 is 0 Å². The summed E-state index contributed by atoms with van der Waals surface area (Å²) in [7, 11) is 0. The summed E-state index contributed by atoms with van der Waals surface area (Å²) < 4.78 is 0. The minimum absolute atomic E-state index is 1.17. The molecule has 0 unspecified atom stereocenters. The summed E-state index contributed by atoms with van der Waals surface area (Å²) in [5, 5.41) is 5.03. The van der Waals surface area contributed by atoms with Crippen LogP contribution in [0.25, 0.3) is 77.7 Å². The van der Waals surface area contributed by atoms with E-state index >= 15 is 0 Å². The Hall–Kier alpha value is -6.76. The fraction of sp³-hybridized carbons (Fsp3) is 0. The van der Waals surface area contributed by atoms with Crippen LogP contribution < -0.4 is 0 Å². The molecule has 0 nitrogen and oxygen atoms in total. The minimum atomic E-state index is 1.17. The summed E-state index contributed by atoms with van der Waals surface area (Å²) in [5.41, 5.74) is 14.7. The molecule has 0 saturated heterocycles. The number of rotatable bonds is 7. The highest BCUT2D eigenvalue weighted by Gasteiger charge is 2.19. The van der Waals surface area contributed by atoms with Crippen molar-refractivity contribution in [2.24, 2.45) is 0 Å². The molecule has 0 saturated carbocycles. The molecule has 0 fully saturated rings. The third-order valence-corrected chi connectivity index (χ3v) is 10.1. The van der Waals surface area contributed by atoms with Crippen LogP contribution in [0.4, 0.5) is 0 Å². The van der Waals surface area contributed by atoms with Crippen LogP contribution in [-0.2, 0) is 0 Å². The molecule has 0 spiro atoms. The van der Waals surface area contributed by atoms with Gasteiger partial charge in [0.25, 0.3) is 0 Å². The lowest BCUT2D eigenvalue weighted by Gasteiger charge is -2.20. The molecule has 9 rings (SSSR count). The molecule has 9 aromatic rings. The number of hydrogen-bond acceptors (Lipinski definition) is 0. The van der Waals surface area contributed by atoms with Crippen molar-refractivity contribution in [3.05, 3.63) is 229 Å². The predicted molar refractivity (Wildman–Crippen MR) is 223 cm³/mol. The molecule has 244 valence electrons. The summed E-state index contributed by atoms with van der Waals surface area (Å²) in [6, 6.07) is 76.7. The van der Waals surface area contributed by atoms with Crippen LogP contribution in [0.2, 0.25) is 0 Å². The highest BCUT2D eigenvalue weighted by molar-refractivity contribution is 6.22. The first-order valence-corrected chi connectivity index (χ1v) is 17.9. The van der Waals surface area contributed by atoms with Gasteiger partial charge in [-0.2, -0.15) is 0 Å². The van der Waals surface area contributed by atoms with Crippen LogP contribution in [0, 0.1) is 0 Å². The van der Waals surface area contributed by atoms with E-state index in [4.69, 9.17) is 0 Å². The van der Waals surface area contributed by atoms with E-state index in [1.807, 2.05) is 0 Å². The molecule has 9 aromatic carbocycles. The fourth-order valence-corrected chi connectivity index (χ4v) is 7.66. The lowest BCUT2D eigenvalue weighted by Crippen LogP contribution is -1.93. The Balaban J connectivity index is 1.16. The summed E-state index contributed by atoms with van der Waals surface area (Å²) in [6.45, 7) is 0. The lowest BCUT2D eigenvalue weighted by molar-refractivity contribution is 1.55. The van der Waals surface area contributed by atoms with Crippen LogP contribution in [0.1, 0.15) is 16.7 Å². The first-order valence-electron chi connectivity index (χ1n) is 17.9. The van der Waals surface area contributed by atoms with Gasteiger partial charge in [-0.05, 0) is 100 Å². The Kier molecular flexibility index (Phi) is 8.33. The molecule has 0 heterocycles. The third kappa shape index (κ3) is 5.91. The molecule has 0 bridgehead atoms. The van der Waals surface area contributed by atoms with Gasteiger partial charge in [0.05, 0.1) is 0 Å². The molecule has 0 N–H and O–H groups in total. The van der Waals surface area contributed by atoms with E-state index in [-0.39, 0.29) is 0 Å². The molecule has 0 radical (unpaired) electrons. The fourth-order valence-electron chi connectivity index (χ4n) is 7.66. The first kappa shape index (κ1) is 31.2. The SMILES string of the molecule is C(=C(c1ccccc1)c1ccccc1)c1ccc(-c2cccc(-c3c4ccccc4c(-c4ccccc4-c4ccccc4)c4ccccc34)c2)cc1. The average Bonchev–Trinajstić information content (AvgIpc) is 3.23. The molecule has 0 amide bonds. The second kappa shape index (κ2) is 13.9. The van der Waals surface area contributed by atoms with Crippen LogP contribution in [0.3, 0.4) is 0 Å². The van der Waals surface area contributed by atoms with E-state index in [1.165, 1.54) is 88.3 Å². The van der Waals surface area contributed by atoms with Gasteiger partial charge in [0.2, 0.25) is 0 Å². The van der Waals surface area contributed by atoms with E-state index in [0.717, 1.165) is 0 Å². The van der Waals surface area contributed by atoms with Crippen molar-refractivity contribution in [2.45, 2.75) is 0 Å². The van der Waals surface area contributed by atoms with Crippen molar-refractivity contribution in [3.8, 4) is 44.5 Å². The van der Waals surface area contributed by atoms with Gasteiger partial charge < -0.3 is 0 Å². The van der Waals surface area contributed by atoms with Crippen molar-refractivity contribution in [1.29, 1.82) is 0 Å². The van der Waals surface area contributed by atoms with Crippen molar-refractivity contribution in [2.75, 3.05) is 0 Å². The summed E-state index contributed by atoms with van der Waals surface area (Å²) in [6.07, 6.45) is 2.29. The number of hydrogen-bond donors (Lipinski definition) is 0. The Morgan fingerprint density at radius 3 is 1.31 bits per heavy atom. The van der Waals surface area contributed by atoms with Gasteiger partial charge in [-0.15, -0.1) is 0 Å². The van der Waals surface area contributed by atoms with Crippen LogP contribution in [0.5, 0.6) is 0 Å². The molecular weight excluding hydrogens is 625 g/mol. The molecule has 0 atom stereocenters. The van der Waals surface area contributed by atoms with Gasteiger partial charge in [-0.1, -0.05) is 206 Å². The van der Waals surface area contributed by atoms with E-state index in [9.17, 15) is 0 Å². The second-order valence-electron chi connectivity index (χ2n) is 13.2. The molecule has 0 aliphatic heterocycles. The van der Waals surface area contributed by atoms with Crippen LogP contribution >= 0.6 is 0 Å². The molecule has 52 heavy (non-hydrogen) atoms. The Bertz CT molecular complexity index is 2590. The van der Waals surface area contributed by atoms with Crippen molar-refractivity contribution < 1.29 is 0 Å². The highest BCUT2D eigenvalue weighted by atomic mass is 14.2. The van der Waals surface area contributed by atoms with Gasteiger partial charge in [-0.3, -0.25) is 0 Å². The molecule has 0 aliphatic carbocycles. The monoisotopic (exact) mass is 660 g/mol. The molecule has 0 heteroatoms. The smallest absolute Gasteiger partial charge is 0.00201 e. The Morgan fingerprint density at radius 1 is 0.288 bits per heavy atom. The van der Waals surface area contributed by atoms with Crippen LogP contribution in [-0.4, -0.2) is 0 Å². The van der Waals surface area contributed by atoms with Gasteiger partial charge in [0.1, 0.15) is 0 Å². The standard InChI is InChI=1S/C52H36/c1-4-17-39(18-5-1)44-25-10-11-26-45(44)52-48-29-14-12-27-46(48)51(47-28-13-15-30-49(47)52)43-24-16-23-42(36-43)38-33-31-37(32-34-38)35-50(40-19-6-2-7-20-40)41-21-8-3-9-22-41/h1-36H. The summed E-state index contributed by atoms with van der Waals surface area (Å²) >= 11 is 0. The maximum atomic E-state index is 2.36. The highest BCUT2D eigenvalue weighted by Crippen LogP contribution is 2.46. The largest absolute Gasteiger partial charge is 0.0622 e. The molecule has 0 aliphatic rings. The zero-order valence-electron chi connectivity index (χ0n) is 28.8. The lowest BCUT2D eigenvalue weighted by atomic mass is 9.83. The normalized spacial score (nSPS) is 11.1. The number of fused-ring (bicyclic) bond motifs is 2. The first-order chi connectivity index (χ1) is 25.8. The van der Waals surface area contributed by atoms with E-state index in [1.54, 1.807) is 0 Å². The van der Waals surface area contributed by atoms with Crippen molar-refractivity contribution >= 4 is 33.2 Å². The minimum Gasteiger partial charge on any atom is -0.0622 e. The van der Waals surface area contributed by atoms with Gasteiger partial charge in [0, 0.05) is 0 Å². The third-order valence-electron chi connectivity index (χ3n) is 10.1. The Morgan fingerprint density at radius 2 is 0.731 bits per heavy atom. The predicted octanol–water partition coefficient (Wildman–Crippen LogP) is 14.2. The topological polar surface area (TPSA) is 0 Å². The second-order valence-corrected chi connectivity index (χ2v) is 13.2. The maximum Gasteiger partial charge on any atom is -0.00201 e. The zero-order chi connectivity index (χ0) is 34.7. The van der Waals surface area contributed by atoms with Crippen molar-refractivity contribution in [1.82, 2.24) is 0 Å². The van der Waals surface area contributed by atoms with E-state index in [2.05, 4.69) is 218 Å². The van der Waals surface area contributed by atoms with Crippen molar-refractivity contribution in [3.63, 3.8) is 0 Å². The Labute approximate surface area is 305 Å².